The fourth-order valence-electron chi connectivity index (χ4n) is 4.92. The Morgan fingerprint density at radius 3 is 2.47 bits per heavy atom. The van der Waals surface area contributed by atoms with E-state index in [0.717, 1.165) is 16.5 Å². The lowest BCUT2D eigenvalue weighted by Crippen LogP contribution is -2.46. The number of carbonyl (C=O) groups excluding carboxylic acids is 2. The van der Waals surface area contributed by atoms with E-state index in [1.54, 1.807) is 12.3 Å². The van der Waals surface area contributed by atoms with Gasteiger partial charge in [0, 0.05) is 12.3 Å². The summed E-state index contributed by atoms with van der Waals surface area (Å²) in [6.07, 6.45) is 3.91. The van der Waals surface area contributed by atoms with E-state index in [9.17, 15) is 9.59 Å². The van der Waals surface area contributed by atoms with Crippen LogP contribution in [0.3, 0.4) is 0 Å². The van der Waals surface area contributed by atoms with Crippen molar-refractivity contribution in [2.24, 2.45) is 0 Å². The van der Waals surface area contributed by atoms with Gasteiger partial charge in [-0.25, -0.2) is 13.8 Å². The maximum Gasteiger partial charge on any atom is 0.243 e. The molecule has 2 unspecified atom stereocenters. The number of anilines is 2. The SMILES string of the molecule is C=CC(=O)NC1COCC1Nc1cc2c(cn1)CN(c1c(F)c(OC)cc(OC)c1F)C(=O)C21CC1. The number of rotatable bonds is 7. The lowest BCUT2D eigenvalue weighted by Gasteiger charge is -2.35. The highest BCUT2D eigenvalue weighted by molar-refractivity contribution is 6.05. The maximum absolute atomic E-state index is 15.2. The fraction of sp³-hybridized carbons (Fsp3) is 0.400. The van der Waals surface area contributed by atoms with Crippen molar-refractivity contribution in [3.8, 4) is 11.5 Å². The van der Waals surface area contributed by atoms with Crippen LogP contribution in [0.15, 0.2) is 31.0 Å². The zero-order chi connectivity index (χ0) is 25.6. The average molecular weight is 501 g/mol. The van der Waals surface area contributed by atoms with Gasteiger partial charge in [-0.1, -0.05) is 6.58 Å². The van der Waals surface area contributed by atoms with E-state index in [4.69, 9.17) is 14.2 Å². The highest BCUT2D eigenvalue weighted by Crippen LogP contribution is 2.55. The van der Waals surface area contributed by atoms with E-state index in [1.807, 2.05) is 0 Å². The van der Waals surface area contributed by atoms with Crippen LogP contribution in [0.4, 0.5) is 20.3 Å². The normalized spacial score (nSPS) is 21.7. The van der Waals surface area contributed by atoms with Crippen LogP contribution in [0.1, 0.15) is 24.0 Å². The third-order valence-electron chi connectivity index (χ3n) is 6.98. The minimum atomic E-state index is -0.969. The molecule has 1 aliphatic carbocycles. The third-order valence-corrected chi connectivity index (χ3v) is 6.98. The smallest absolute Gasteiger partial charge is 0.243 e. The Balaban J connectivity index is 1.47. The van der Waals surface area contributed by atoms with Crippen molar-refractivity contribution < 1.29 is 32.6 Å². The predicted molar refractivity (Wildman–Crippen MR) is 126 cm³/mol. The molecule has 190 valence electrons. The highest BCUT2D eigenvalue weighted by Gasteiger charge is 2.57. The summed E-state index contributed by atoms with van der Waals surface area (Å²) >= 11 is 0. The summed E-state index contributed by atoms with van der Waals surface area (Å²) in [4.78, 5) is 30.9. The summed E-state index contributed by atoms with van der Waals surface area (Å²) < 4.78 is 46.0. The monoisotopic (exact) mass is 500 g/mol. The molecule has 2 aromatic rings. The van der Waals surface area contributed by atoms with Crippen molar-refractivity contribution in [3.05, 3.63) is 53.7 Å². The van der Waals surface area contributed by atoms with E-state index in [2.05, 4.69) is 22.2 Å². The number of hydrogen-bond donors (Lipinski definition) is 2. The molecule has 1 saturated heterocycles. The zero-order valence-corrected chi connectivity index (χ0v) is 19.9. The lowest BCUT2D eigenvalue weighted by molar-refractivity contribution is -0.121. The molecule has 2 fully saturated rings. The van der Waals surface area contributed by atoms with Crippen molar-refractivity contribution >= 4 is 23.3 Å². The van der Waals surface area contributed by atoms with Gasteiger partial charge in [0.15, 0.2) is 23.1 Å². The molecule has 1 aromatic heterocycles. The molecule has 11 heteroatoms. The van der Waals surface area contributed by atoms with Crippen LogP contribution < -0.4 is 25.0 Å². The molecule has 2 aliphatic heterocycles. The molecule has 3 aliphatic rings. The summed E-state index contributed by atoms with van der Waals surface area (Å²) in [7, 11) is 2.52. The van der Waals surface area contributed by atoms with Crippen LogP contribution in [0, 0.1) is 11.6 Å². The van der Waals surface area contributed by atoms with Gasteiger partial charge in [0.25, 0.3) is 0 Å². The molecule has 1 aromatic carbocycles. The number of hydrogen-bond acceptors (Lipinski definition) is 7. The summed E-state index contributed by atoms with van der Waals surface area (Å²) in [5, 5.41) is 6.10. The Morgan fingerprint density at radius 2 is 1.86 bits per heavy atom. The van der Waals surface area contributed by atoms with Crippen LogP contribution in [0.25, 0.3) is 0 Å². The first kappa shape index (κ1) is 24.0. The predicted octanol–water partition coefficient (Wildman–Crippen LogP) is 2.44. The number of benzene rings is 1. The molecule has 2 amide bonds. The summed E-state index contributed by atoms with van der Waals surface area (Å²) in [5.74, 6) is -2.54. The van der Waals surface area contributed by atoms with Crippen LogP contribution in [0.5, 0.6) is 11.5 Å². The Morgan fingerprint density at radius 1 is 1.19 bits per heavy atom. The summed E-state index contributed by atoms with van der Waals surface area (Å²) in [5.41, 5.74) is 0.0873. The second-order valence-corrected chi connectivity index (χ2v) is 9.07. The first-order chi connectivity index (χ1) is 17.3. The molecule has 5 rings (SSSR count). The van der Waals surface area contributed by atoms with Crippen LogP contribution >= 0.6 is 0 Å². The highest BCUT2D eigenvalue weighted by atomic mass is 19.1. The number of ether oxygens (including phenoxy) is 3. The fourth-order valence-corrected chi connectivity index (χ4v) is 4.92. The number of nitrogens with zero attached hydrogens (tertiary/aromatic N) is 2. The standard InChI is InChI=1S/C25H26F2N4O5/c1-4-20(32)30-16-12-36-11-15(16)29-19-7-14-13(9-28-19)10-31(24(33)25(14)5-6-25)23-21(26)17(34-2)8-18(35-3)22(23)27/h4,7-9,15-16H,1,5-6,10-12H2,2-3H3,(H,28,29)(H,30,32). The molecule has 0 bridgehead atoms. The molecule has 3 heterocycles. The van der Waals surface area contributed by atoms with Gasteiger partial charge >= 0.3 is 0 Å². The van der Waals surface area contributed by atoms with Gasteiger partial charge in [-0.15, -0.1) is 0 Å². The topological polar surface area (TPSA) is 102 Å². The second kappa shape index (κ2) is 9.05. The molecule has 0 radical (unpaired) electrons. The largest absolute Gasteiger partial charge is 0.493 e. The number of aromatic nitrogens is 1. The molecular formula is C25H26F2N4O5. The van der Waals surface area contributed by atoms with Crippen molar-refractivity contribution in [3.63, 3.8) is 0 Å². The van der Waals surface area contributed by atoms with Crippen molar-refractivity contribution in [2.45, 2.75) is 36.9 Å². The molecule has 2 N–H and O–H groups in total. The minimum Gasteiger partial charge on any atom is -0.493 e. The van der Waals surface area contributed by atoms with Gasteiger partial charge in [-0.2, -0.15) is 0 Å². The van der Waals surface area contributed by atoms with Crippen LogP contribution in [-0.4, -0.2) is 56.3 Å². The Kier molecular flexibility index (Phi) is 6.03. The number of halogens is 2. The summed E-state index contributed by atoms with van der Waals surface area (Å²) in [6, 6.07) is 2.42. The molecule has 1 spiro atoms. The molecule has 2 atom stereocenters. The van der Waals surface area contributed by atoms with Crippen molar-refractivity contribution in [1.29, 1.82) is 0 Å². The van der Waals surface area contributed by atoms with E-state index >= 15 is 8.78 Å². The van der Waals surface area contributed by atoms with E-state index in [0.29, 0.717) is 37.4 Å². The number of amides is 2. The Labute approximate surface area is 206 Å². The first-order valence-electron chi connectivity index (χ1n) is 11.5. The zero-order valence-electron chi connectivity index (χ0n) is 19.9. The quantitative estimate of drug-likeness (QED) is 0.563. The van der Waals surface area contributed by atoms with Gasteiger partial charge < -0.3 is 29.7 Å². The van der Waals surface area contributed by atoms with Crippen molar-refractivity contribution in [2.75, 3.05) is 37.7 Å². The summed E-state index contributed by atoms with van der Waals surface area (Å²) in [6.45, 7) is 4.13. The average Bonchev–Trinajstić information content (AvgIpc) is 3.57. The Bertz CT molecular complexity index is 1220. The number of pyridine rings is 1. The van der Waals surface area contributed by atoms with E-state index in [1.165, 1.54) is 20.3 Å². The first-order valence-corrected chi connectivity index (χ1v) is 11.5. The number of nitrogens with one attached hydrogen (secondary N) is 2. The van der Waals surface area contributed by atoms with Crippen LogP contribution in [-0.2, 0) is 26.3 Å². The molecule has 36 heavy (non-hydrogen) atoms. The third kappa shape index (κ3) is 3.83. The van der Waals surface area contributed by atoms with Crippen molar-refractivity contribution in [1.82, 2.24) is 10.3 Å². The van der Waals surface area contributed by atoms with Gasteiger partial charge in [0.05, 0.1) is 51.5 Å². The molecular weight excluding hydrogens is 474 g/mol. The van der Waals surface area contributed by atoms with Gasteiger partial charge in [-0.3, -0.25) is 9.59 Å². The van der Waals surface area contributed by atoms with E-state index < -0.39 is 22.7 Å². The van der Waals surface area contributed by atoms with Gasteiger partial charge in [-0.05, 0) is 36.1 Å². The number of carbonyl (C=O) groups is 2. The second-order valence-electron chi connectivity index (χ2n) is 9.07. The number of methoxy groups -OCH3 is 2. The Hall–Kier alpha value is -3.73. The maximum atomic E-state index is 15.2. The lowest BCUT2D eigenvalue weighted by atomic mass is 9.86. The molecule has 9 nitrogen and oxygen atoms in total. The van der Waals surface area contributed by atoms with Crippen LogP contribution in [0.2, 0.25) is 0 Å². The minimum absolute atomic E-state index is 0.0576. The number of fused-ring (bicyclic) bond motifs is 2. The van der Waals surface area contributed by atoms with Gasteiger partial charge in [0.2, 0.25) is 11.8 Å². The van der Waals surface area contributed by atoms with E-state index in [-0.39, 0.29) is 41.9 Å². The van der Waals surface area contributed by atoms with Gasteiger partial charge in [0.1, 0.15) is 11.5 Å². The molecule has 1 saturated carbocycles.